The van der Waals surface area contributed by atoms with Crippen LogP contribution in [0.4, 0.5) is 5.69 Å². The van der Waals surface area contributed by atoms with Gasteiger partial charge in [0.05, 0.1) is 16.9 Å². The van der Waals surface area contributed by atoms with Gasteiger partial charge in [-0.15, -0.1) is 0 Å². The molecule has 7 heteroatoms. The highest BCUT2D eigenvalue weighted by Crippen LogP contribution is 2.27. The molecule has 1 aromatic heterocycles. The fourth-order valence-corrected chi connectivity index (χ4v) is 4.61. The Labute approximate surface area is 180 Å². The molecule has 1 fully saturated rings. The lowest BCUT2D eigenvalue weighted by Gasteiger charge is -2.41. The lowest BCUT2D eigenvalue weighted by atomic mass is 10.0. The zero-order valence-electron chi connectivity index (χ0n) is 19.2. The SMILES string of the molecule is CCCC(c1nc2ccc(NCCNC)cc2c(=O)n1CC)N1C[C@@H](C)N[C@@H](C)C1. The Balaban J connectivity index is 2.02. The molecule has 1 unspecified atom stereocenters. The van der Waals surface area contributed by atoms with Crippen molar-refractivity contribution in [3.05, 3.63) is 34.4 Å². The summed E-state index contributed by atoms with van der Waals surface area (Å²) >= 11 is 0. The number of likely N-dealkylation sites (N-methyl/N-ethyl adjacent to an activating group) is 1. The summed E-state index contributed by atoms with van der Waals surface area (Å²) in [4.78, 5) is 21.0. The molecule has 0 spiro atoms. The first-order valence-electron chi connectivity index (χ1n) is 11.4. The first-order chi connectivity index (χ1) is 14.5. The number of piperazine rings is 1. The van der Waals surface area contributed by atoms with E-state index in [9.17, 15) is 4.79 Å². The van der Waals surface area contributed by atoms with E-state index in [0.29, 0.717) is 24.0 Å². The Morgan fingerprint density at radius 1 is 1.20 bits per heavy atom. The summed E-state index contributed by atoms with van der Waals surface area (Å²) < 4.78 is 1.89. The van der Waals surface area contributed by atoms with Crippen molar-refractivity contribution < 1.29 is 0 Å². The summed E-state index contributed by atoms with van der Waals surface area (Å²) in [5, 5.41) is 10.8. The molecular weight excluding hydrogens is 376 g/mol. The molecule has 1 aliphatic heterocycles. The van der Waals surface area contributed by atoms with Gasteiger partial charge in [0.2, 0.25) is 0 Å². The van der Waals surface area contributed by atoms with Crippen molar-refractivity contribution in [2.45, 2.75) is 65.2 Å². The Hall–Kier alpha value is -1.96. The maximum Gasteiger partial charge on any atom is 0.261 e. The predicted octanol–water partition coefficient (Wildman–Crippen LogP) is 2.57. The Kier molecular flexibility index (Phi) is 7.86. The van der Waals surface area contributed by atoms with Crippen molar-refractivity contribution in [1.29, 1.82) is 0 Å². The average molecular weight is 415 g/mol. The fourth-order valence-electron chi connectivity index (χ4n) is 4.61. The summed E-state index contributed by atoms with van der Waals surface area (Å²) in [5.41, 5.74) is 1.81. The van der Waals surface area contributed by atoms with E-state index >= 15 is 0 Å². The molecule has 2 heterocycles. The third-order valence-electron chi connectivity index (χ3n) is 5.89. The van der Waals surface area contributed by atoms with Crippen LogP contribution in [0, 0.1) is 0 Å². The van der Waals surface area contributed by atoms with E-state index in [1.54, 1.807) is 0 Å². The number of aromatic nitrogens is 2. The minimum Gasteiger partial charge on any atom is -0.384 e. The quantitative estimate of drug-likeness (QED) is 0.548. The highest BCUT2D eigenvalue weighted by Gasteiger charge is 2.30. The van der Waals surface area contributed by atoms with E-state index in [2.05, 4.69) is 41.6 Å². The molecule has 3 atom stereocenters. The third kappa shape index (κ3) is 5.02. The predicted molar refractivity (Wildman–Crippen MR) is 125 cm³/mol. The second-order valence-corrected chi connectivity index (χ2v) is 8.51. The van der Waals surface area contributed by atoms with Gasteiger partial charge in [-0.05, 0) is 52.4 Å². The molecule has 7 nitrogen and oxygen atoms in total. The number of hydrogen-bond donors (Lipinski definition) is 3. The standard InChI is InChI=1S/C23H38N6O/c1-6-8-21(28-14-16(3)26-17(4)15-28)22-27-20-10-9-18(25-12-11-24-5)13-19(20)23(30)29(22)7-2/h9-10,13,16-17,21,24-26H,6-8,11-12,14-15H2,1-5H3/t16-,17+,21?. The maximum absolute atomic E-state index is 13.4. The number of nitrogens with zero attached hydrogens (tertiary/aromatic N) is 3. The van der Waals surface area contributed by atoms with Gasteiger partial charge in [-0.2, -0.15) is 0 Å². The number of anilines is 1. The largest absolute Gasteiger partial charge is 0.384 e. The van der Waals surface area contributed by atoms with Gasteiger partial charge < -0.3 is 16.0 Å². The molecule has 0 bridgehead atoms. The minimum atomic E-state index is 0.0621. The monoisotopic (exact) mass is 414 g/mol. The number of fused-ring (bicyclic) bond motifs is 1. The lowest BCUT2D eigenvalue weighted by Crippen LogP contribution is -2.55. The molecule has 0 aliphatic carbocycles. The first-order valence-corrected chi connectivity index (χ1v) is 11.4. The summed E-state index contributed by atoms with van der Waals surface area (Å²) in [5.74, 6) is 0.911. The summed E-state index contributed by atoms with van der Waals surface area (Å²) in [6.07, 6.45) is 2.06. The van der Waals surface area contributed by atoms with Crippen LogP contribution in [0.5, 0.6) is 0 Å². The van der Waals surface area contributed by atoms with Gasteiger partial charge in [-0.1, -0.05) is 13.3 Å². The van der Waals surface area contributed by atoms with E-state index < -0.39 is 0 Å². The molecule has 3 rings (SSSR count). The van der Waals surface area contributed by atoms with Crippen LogP contribution in [0.1, 0.15) is 52.4 Å². The molecule has 2 aromatic rings. The van der Waals surface area contributed by atoms with E-state index in [0.717, 1.165) is 56.0 Å². The van der Waals surface area contributed by atoms with Crippen molar-refractivity contribution in [3.63, 3.8) is 0 Å². The van der Waals surface area contributed by atoms with Gasteiger partial charge in [-0.3, -0.25) is 14.3 Å². The van der Waals surface area contributed by atoms with Gasteiger partial charge in [0.25, 0.3) is 5.56 Å². The Morgan fingerprint density at radius 3 is 2.57 bits per heavy atom. The van der Waals surface area contributed by atoms with Crippen molar-refractivity contribution >= 4 is 16.6 Å². The van der Waals surface area contributed by atoms with E-state index in [4.69, 9.17) is 4.98 Å². The van der Waals surface area contributed by atoms with Crippen molar-refractivity contribution in [2.24, 2.45) is 0 Å². The molecule has 3 N–H and O–H groups in total. The van der Waals surface area contributed by atoms with Crippen molar-refractivity contribution in [3.8, 4) is 0 Å². The number of hydrogen-bond acceptors (Lipinski definition) is 6. The summed E-state index contributed by atoms with van der Waals surface area (Å²) in [7, 11) is 1.93. The van der Waals surface area contributed by atoms with Gasteiger partial charge in [0.15, 0.2) is 0 Å². The molecule has 0 radical (unpaired) electrons. The fraction of sp³-hybridized carbons (Fsp3) is 0.652. The lowest BCUT2D eigenvalue weighted by molar-refractivity contribution is 0.109. The normalized spacial score (nSPS) is 21.1. The zero-order chi connectivity index (χ0) is 21.7. The first kappa shape index (κ1) is 22.7. The maximum atomic E-state index is 13.4. The molecule has 1 saturated heterocycles. The van der Waals surface area contributed by atoms with Crippen LogP contribution >= 0.6 is 0 Å². The molecule has 1 aliphatic rings. The Bertz CT molecular complexity index is 885. The van der Waals surface area contributed by atoms with Crippen LogP contribution in [0.15, 0.2) is 23.0 Å². The third-order valence-corrected chi connectivity index (χ3v) is 5.89. The second-order valence-electron chi connectivity index (χ2n) is 8.51. The van der Waals surface area contributed by atoms with Crippen LogP contribution in [0.3, 0.4) is 0 Å². The van der Waals surface area contributed by atoms with E-state index in [-0.39, 0.29) is 11.6 Å². The molecular formula is C23H38N6O. The molecule has 166 valence electrons. The van der Waals surface area contributed by atoms with Gasteiger partial charge in [-0.25, -0.2) is 4.98 Å². The smallest absolute Gasteiger partial charge is 0.261 e. The van der Waals surface area contributed by atoms with Gasteiger partial charge >= 0.3 is 0 Å². The number of rotatable bonds is 9. The van der Waals surface area contributed by atoms with Gasteiger partial charge in [0.1, 0.15) is 5.82 Å². The van der Waals surface area contributed by atoms with Crippen molar-refractivity contribution in [1.82, 2.24) is 25.1 Å². The summed E-state index contributed by atoms with van der Waals surface area (Å²) in [6, 6.07) is 6.97. The second kappa shape index (κ2) is 10.4. The highest BCUT2D eigenvalue weighted by atomic mass is 16.1. The van der Waals surface area contributed by atoms with Crippen LogP contribution in [0.2, 0.25) is 0 Å². The molecule has 0 saturated carbocycles. The van der Waals surface area contributed by atoms with E-state index in [1.165, 1.54) is 0 Å². The highest BCUT2D eigenvalue weighted by molar-refractivity contribution is 5.81. The van der Waals surface area contributed by atoms with Gasteiger partial charge in [0, 0.05) is 50.5 Å². The number of nitrogens with one attached hydrogen (secondary N) is 3. The molecule has 0 amide bonds. The number of benzene rings is 1. The average Bonchev–Trinajstić information content (AvgIpc) is 2.71. The minimum absolute atomic E-state index is 0.0621. The molecule has 1 aromatic carbocycles. The summed E-state index contributed by atoms with van der Waals surface area (Å²) in [6.45, 7) is 13.0. The van der Waals surface area contributed by atoms with E-state index in [1.807, 2.05) is 36.7 Å². The van der Waals surface area contributed by atoms with Crippen LogP contribution in [0.25, 0.3) is 10.9 Å². The zero-order valence-corrected chi connectivity index (χ0v) is 19.2. The van der Waals surface area contributed by atoms with Crippen LogP contribution in [-0.4, -0.2) is 59.8 Å². The van der Waals surface area contributed by atoms with Crippen LogP contribution < -0.4 is 21.5 Å². The molecule has 30 heavy (non-hydrogen) atoms. The Morgan fingerprint density at radius 2 is 1.93 bits per heavy atom. The van der Waals surface area contributed by atoms with Crippen LogP contribution in [-0.2, 0) is 6.54 Å². The van der Waals surface area contributed by atoms with Crippen molar-refractivity contribution in [2.75, 3.05) is 38.5 Å². The topological polar surface area (TPSA) is 74.2 Å².